The van der Waals surface area contributed by atoms with E-state index >= 15 is 0 Å². The fourth-order valence-corrected chi connectivity index (χ4v) is 3.93. The molecule has 1 aliphatic carbocycles. The highest BCUT2D eigenvalue weighted by Gasteiger charge is 2.38. The molecule has 0 aromatic carbocycles. The Hall–Kier alpha value is -0.590. The van der Waals surface area contributed by atoms with Crippen molar-refractivity contribution < 1.29 is 8.42 Å². The molecule has 7 heteroatoms. The van der Waals surface area contributed by atoms with E-state index in [0.29, 0.717) is 23.9 Å². The predicted molar refractivity (Wildman–Crippen MR) is 79.4 cm³/mol. The number of alkyl halides is 1. The van der Waals surface area contributed by atoms with Gasteiger partial charge in [0.05, 0.1) is 6.20 Å². The molecule has 0 radical (unpaired) electrons. The van der Waals surface area contributed by atoms with Gasteiger partial charge in [-0.2, -0.15) is 9.40 Å². The second-order valence-electron chi connectivity index (χ2n) is 5.18. The molecule has 0 spiro atoms. The largest absolute Gasteiger partial charge is 0.271 e. The molecule has 0 unspecified atom stereocenters. The normalized spacial score (nSPS) is 15.9. The minimum absolute atomic E-state index is 0.192. The van der Waals surface area contributed by atoms with E-state index in [2.05, 4.69) is 12.0 Å². The van der Waals surface area contributed by atoms with Crippen molar-refractivity contribution in [2.75, 3.05) is 12.4 Å². The van der Waals surface area contributed by atoms with Crippen LogP contribution in [0.5, 0.6) is 0 Å². The molecule has 0 bridgehead atoms. The van der Waals surface area contributed by atoms with E-state index in [1.54, 1.807) is 15.2 Å². The zero-order chi connectivity index (χ0) is 14.6. The number of halogens is 1. The number of rotatable bonds is 9. The molecule has 20 heavy (non-hydrogen) atoms. The van der Waals surface area contributed by atoms with Gasteiger partial charge in [0.1, 0.15) is 4.90 Å². The third-order valence-corrected chi connectivity index (χ3v) is 5.60. The summed E-state index contributed by atoms with van der Waals surface area (Å²) in [7, 11) is -3.40. The molecule has 1 fully saturated rings. The van der Waals surface area contributed by atoms with Crippen LogP contribution >= 0.6 is 11.6 Å². The molecule has 0 N–H and O–H groups in total. The number of aryl methyl sites for hydroxylation is 1. The average molecular weight is 320 g/mol. The van der Waals surface area contributed by atoms with Crippen LogP contribution in [-0.2, 0) is 16.6 Å². The molecule has 0 amide bonds. The van der Waals surface area contributed by atoms with E-state index < -0.39 is 10.0 Å². The van der Waals surface area contributed by atoms with Gasteiger partial charge < -0.3 is 0 Å². The third-order valence-electron chi connectivity index (χ3n) is 3.42. The number of sulfonamides is 1. The summed E-state index contributed by atoms with van der Waals surface area (Å²) in [5.41, 5.74) is 0. The summed E-state index contributed by atoms with van der Waals surface area (Å²) in [4.78, 5) is 0.301. The van der Waals surface area contributed by atoms with Crippen LogP contribution in [0.1, 0.15) is 39.0 Å². The number of nitrogens with zero attached hydrogens (tertiary/aromatic N) is 3. The molecule has 1 aromatic heterocycles. The van der Waals surface area contributed by atoms with E-state index in [-0.39, 0.29) is 6.04 Å². The standard InChI is InChI=1S/C13H22ClN3O2S/c1-2-3-9-17(12-5-6-12)20(18,19)13-10-15-16(11-13)8-4-7-14/h10-12H,2-9H2,1H3. The van der Waals surface area contributed by atoms with Crippen molar-refractivity contribution in [3.8, 4) is 0 Å². The van der Waals surface area contributed by atoms with Crippen LogP contribution in [0.25, 0.3) is 0 Å². The van der Waals surface area contributed by atoms with Crippen LogP contribution in [0.15, 0.2) is 17.3 Å². The fourth-order valence-electron chi connectivity index (χ4n) is 2.13. The van der Waals surface area contributed by atoms with Gasteiger partial charge in [-0.3, -0.25) is 4.68 Å². The molecule has 1 aromatic rings. The van der Waals surface area contributed by atoms with Crippen molar-refractivity contribution >= 4 is 21.6 Å². The van der Waals surface area contributed by atoms with E-state index in [9.17, 15) is 8.42 Å². The third kappa shape index (κ3) is 3.74. The Kier molecular flexibility index (Phi) is 5.46. The monoisotopic (exact) mass is 319 g/mol. The first kappa shape index (κ1) is 15.8. The molecule has 114 valence electrons. The quantitative estimate of drug-likeness (QED) is 0.657. The molecule has 1 aliphatic rings. The number of hydrogen-bond donors (Lipinski definition) is 0. The van der Waals surface area contributed by atoms with Crippen molar-refractivity contribution in [3.63, 3.8) is 0 Å². The second-order valence-corrected chi connectivity index (χ2v) is 7.45. The zero-order valence-corrected chi connectivity index (χ0v) is 13.4. The van der Waals surface area contributed by atoms with E-state index in [1.165, 1.54) is 6.20 Å². The van der Waals surface area contributed by atoms with Gasteiger partial charge in [-0.15, -0.1) is 11.6 Å². The number of hydrogen-bond acceptors (Lipinski definition) is 3. The minimum atomic E-state index is -3.40. The maximum Gasteiger partial charge on any atom is 0.246 e. The molecule has 2 rings (SSSR count). The van der Waals surface area contributed by atoms with Gasteiger partial charge >= 0.3 is 0 Å². The molecule has 0 saturated heterocycles. The Labute approximate surface area is 126 Å². The Morgan fingerprint density at radius 1 is 1.45 bits per heavy atom. The molecular formula is C13H22ClN3O2S. The predicted octanol–water partition coefficient (Wildman–Crippen LogP) is 2.47. The highest BCUT2D eigenvalue weighted by atomic mass is 35.5. The first-order chi connectivity index (χ1) is 9.59. The fraction of sp³-hybridized carbons (Fsp3) is 0.769. The molecule has 1 saturated carbocycles. The number of aromatic nitrogens is 2. The highest BCUT2D eigenvalue weighted by Crippen LogP contribution is 2.32. The van der Waals surface area contributed by atoms with Crippen molar-refractivity contribution in [1.29, 1.82) is 0 Å². The number of unbranched alkanes of at least 4 members (excludes halogenated alkanes) is 1. The lowest BCUT2D eigenvalue weighted by atomic mass is 10.3. The van der Waals surface area contributed by atoms with Gasteiger partial charge in [0.25, 0.3) is 0 Å². The lowest BCUT2D eigenvalue weighted by Crippen LogP contribution is -2.33. The summed E-state index contributed by atoms with van der Waals surface area (Å²) in [5, 5.41) is 4.11. The van der Waals surface area contributed by atoms with Crippen LogP contribution < -0.4 is 0 Å². The van der Waals surface area contributed by atoms with E-state index in [0.717, 1.165) is 32.1 Å². The van der Waals surface area contributed by atoms with Crippen molar-refractivity contribution in [1.82, 2.24) is 14.1 Å². The van der Waals surface area contributed by atoms with E-state index in [4.69, 9.17) is 11.6 Å². The summed E-state index contributed by atoms with van der Waals surface area (Å²) in [6.45, 7) is 3.33. The zero-order valence-electron chi connectivity index (χ0n) is 11.8. The summed E-state index contributed by atoms with van der Waals surface area (Å²) in [5.74, 6) is 0.548. The van der Waals surface area contributed by atoms with Gasteiger partial charge in [0, 0.05) is 31.2 Å². The van der Waals surface area contributed by atoms with Crippen molar-refractivity contribution in [2.24, 2.45) is 0 Å². The first-order valence-corrected chi connectivity index (χ1v) is 9.17. The Balaban J connectivity index is 2.12. The van der Waals surface area contributed by atoms with Gasteiger partial charge in [-0.1, -0.05) is 13.3 Å². The summed E-state index contributed by atoms with van der Waals surface area (Å²) in [6.07, 6.45) is 7.69. The Morgan fingerprint density at radius 3 is 2.80 bits per heavy atom. The van der Waals surface area contributed by atoms with Crippen LogP contribution in [0.3, 0.4) is 0 Å². The van der Waals surface area contributed by atoms with Crippen molar-refractivity contribution in [3.05, 3.63) is 12.4 Å². The van der Waals surface area contributed by atoms with E-state index in [1.807, 2.05) is 0 Å². The average Bonchev–Trinajstić information content (AvgIpc) is 3.13. The summed E-state index contributed by atoms with van der Waals surface area (Å²) in [6, 6.07) is 0.192. The Morgan fingerprint density at radius 2 is 2.20 bits per heavy atom. The molecule has 5 nitrogen and oxygen atoms in total. The maximum absolute atomic E-state index is 12.7. The Bertz CT molecular complexity index is 525. The molecule has 0 aliphatic heterocycles. The molecular weight excluding hydrogens is 298 g/mol. The van der Waals surface area contributed by atoms with Crippen LogP contribution in [0.2, 0.25) is 0 Å². The lowest BCUT2D eigenvalue weighted by molar-refractivity contribution is 0.395. The minimum Gasteiger partial charge on any atom is -0.271 e. The lowest BCUT2D eigenvalue weighted by Gasteiger charge is -2.20. The smallest absolute Gasteiger partial charge is 0.246 e. The first-order valence-electron chi connectivity index (χ1n) is 7.20. The highest BCUT2D eigenvalue weighted by molar-refractivity contribution is 7.89. The summed E-state index contributed by atoms with van der Waals surface area (Å²) >= 11 is 5.64. The SMILES string of the molecule is CCCCN(C1CC1)S(=O)(=O)c1cnn(CCCCl)c1. The topological polar surface area (TPSA) is 55.2 Å². The molecule has 1 heterocycles. The summed E-state index contributed by atoms with van der Waals surface area (Å²) < 4.78 is 28.6. The van der Waals surface area contributed by atoms with Gasteiger partial charge in [0.2, 0.25) is 10.0 Å². The molecule has 0 atom stereocenters. The van der Waals surface area contributed by atoms with Crippen LogP contribution in [-0.4, -0.2) is 41.0 Å². The van der Waals surface area contributed by atoms with Gasteiger partial charge in [-0.05, 0) is 25.7 Å². The van der Waals surface area contributed by atoms with Crippen LogP contribution in [0.4, 0.5) is 0 Å². The maximum atomic E-state index is 12.7. The van der Waals surface area contributed by atoms with Crippen LogP contribution in [0, 0.1) is 0 Å². The van der Waals surface area contributed by atoms with Gasteiger partial charge in [0.15, 0.2) is 0 Å². The van der Waals surface area contributed by atoms with Crippen molar-refractivity contribution in [2.45, 2.75) is 56.5 Å². The van der Waals surface area contributed by atoms with Gasteiger partial charge in [-0.25, -0.2) is 8.42 Å². The second kappa shape index (κ2) is 6.91.